The van der Waals surface area contributed by atoms with Gasteiger partial charge < -0.3 is 9.47 Å². The van der Waals surface area contributed by atoms with Crippen molar-refractivity contribution in [3.05, 3.63) is 51.7 Å². The first kappa shape index (κ1) is 19.7. The van der Waals surface area contributed by atoms with Gasteiger partial charge in [-0.3, -0.25) is 14.9 Å². The molecule has 1 aromatic heterocycles. The number of ether oxygens (including phenoxy) is 2. The molecule has 0 saturated carbocycles. The van der Waals surface area contributed by atoms with Gasteiger partial charge in [-0.1, -0.05) is 32.0 Å². The number of rotatable bonds is 7. The molecule has 0 bridgehead atoms. The summed E-state index contributed by atoms with van der Waals surface area (Å²) in [6.45, 7) is 5.17. The summed E-state index contributed by atoms with van der Waals surface area (Å²) in [5.41, 5.74) is 2.01. The van der Waals surface area contributed by atoms with Crippen LogP contribution in [0.3, 0.4) is 0 Å². The molecule has 0 aliphatic carbocycles. The molecule has 1 heterocycles. The second-order valence-corrected chi connectivity index (χ2v) is 6.93. The molecule has 6 nitrogen and oxygen atoms in total. The zero-order valence-electron chi connectivity index (χ0n) is 14.9. The monoisotopic (exact) mass is 375 g/mol. The van der Waals surface area contributed by atoms with Crippen LogP contribution in [0.4, 0.5) is 0 Å². The fourth-order valence-corrected chi connectivity index (χ4v) is 2.71. The number of hydrogen-bond acceptors (Lipinski definition) is 6. The van der Waals surface area contributed by atoms with Gasteiger partial charge in [0.25, 0.3) is 11.8 Å². The molecule has 2 aromatic rings. The third-order valence-corrected chi connectivity index (χ3v) is 4.46. The van der Waals surface area contributed by atoms with Gasteiger partial charge in [0.05, 0.1) is 4.88 Å². The Morgan fingerprint density at radius 1 is 1.15 bits per heavy atom. The first-order valence-electron chi connectivity index (χ1n) is 8.13. The van der Waals surface area contributed by atoms with E-state index in [1.165, 1.54) is 11.3 Å². The number of benzene rings is 1. The van der Waals surface area contributed by atoms with Crippen LogP contribution in [0, 0.1) is 6.92 Å². The predicted molar refractivity (Wildman–Crippen MR) is 98.5 cm³/mol. The van der Waals surface area contributed by atoms with E-state index >= 15 is 0 Å². The number of esters is 1. The van der Waals surface area contributed by atoms with Gasteiger partial charge in [0.2, 0.25) is 0 Å². The summed E-state index contributed by atoms with van der Waals surface area (Å²) in [6.07, 6.45) is 0. The molecular weight excluding hydrogens is 354 g/mol. The van der Waals surface area contributed by atoms with E-state index in [1.54, 1.807) is 17.5 Å². The maximum absolute atomic E-state index is 11.8. The maximum atomic E-state index is 11.8. The number of imide groups is 1. The molecule has 0 unspecified atom stereocenters. The number of thiophene rings is 1. The Hall–Kier alpha value is -2.67. The fourth-order valence-electron chi connectivity index (χ4n) is 2.09. The van der Waals surface area contributed by atoms with Crippen LogP contribution in [0.25, 0.3) is 0 Å². The van der Waals surface area contributed by atoms with E-state index in [-0.39, 0.29) is 6.61 Å². The number of nitrogens with one attached hydrogen (secondary N) is 1. The van der Waals surface area contributed by atoms with Crippen LogP contribution < -0.4 is 10.1 Å². The molecule has 138 valence electrons. The Morgan fingerprint density at radius 2 is 1.92 bits per heavy atom. The smallest absolute Gasteiger partial charge is 0.344 e. The van der Waals surface area contributed by atoms with Crippen LogP contribution in [0.2, 0.25) is 0 Å². The Bertz CT molecular complexity index is 783. The molecule has 0 fully saturated rings. The number of carbonyl (C=O) groups excluding carboxylic acids is 3. The molecule has 0 saturated heterocycles. The zero-order chi connectivity index (χ0) is 19.1. The van der Waals surface area contributed by atoms with E-state index in [2.05, 4.69) is 19.2 Å². The average Bonchev–Trinajstić information content (AvgIpc) is 3.13. The molecular formula is C19H21NO5S. The molecule has 1 N–H and O–H groups in total. The van der Waals surface area contributed by atoms with Crippen LogP contribution in [-0.4, -0.2) is 31.0 Å². The summed E-state index contributed by atoms with van der Waals surface area (Å²) in [5.74, 6) is -0.939. The first-order valence-corrected chi connectivity index (χ1v) is 9.01. The second-order valence-electron chi connectivity index (χ2n) is 5.98. The third-order valence-electron chi connectivity index (χ3n) is 3.59. The Kier molecular flexibility index (Phi) is 6.91. The van der Waals surface area contributed by atoms with Gasteiger partial charge in [-0.25, -0.2) is 4.79 Å². The summed E-state index contributed by atoms with van der Waals surface area (Å²) in [7, 11) is 0. The molecule has 7 heteroatoms. The molecule has 0 atom stereocenters. The van der Waals surface area contributed by atoms with Gasteiger partial charge in [-0.15, -0.1) is 11.3 Å². The zero-order valence-corrected chi connectivity index (χ0v) is 15.7. The summed E-state index contributed by atoms with van der Waals surface area (Å²) < 4.78 is 10.3. The number of hydrogen-bond donors (Lipinski definition) is 1. The fraction of sp³-hybridized carbons (Fsp3) is 0.316. The lowest BCUT2D eigenvalue weighted by molar-refractivity contribution is -0.150. The van der Waals surface area contributed by atoms with E-state index in [1.807, 2.05) is 25.1 Å². The SMILES string of the molecule is Cc1ccc(C(C)C)cc1OCC(=O)OCC(=O)NC(=O)c1cccs1. The number of aryl methyl sites for hydroxylation is 1. The van der Waals surface area contributed by atoms with Gasteiger partial charge in [0, 0.05) is 0 Å². The van der Waals surface area contributed by atoms with Crippen LogP contribution in [0.5, 0.6) is 5.75 Å². The average molecular weight is 375 g/mol. The Morgan fingerprint density at radius 3 is 2.58 bits per heavy atom. The van der Waals surface area contributed by atoms with Gasteiger partial charge in [0.1, 0.15) is 5.75 Å². The molecule has 0 spiro atoms. The van der Waals surface area contributed by atoms with E-state index in [9.17, 15) is 14.4 Å². The lowest BCUT2D eigenvalue weighted by Crippen LogP contribution is -2.34. The van der Waals surface area contributed by atoms with Crippen LogP contribution in [0.15, 0.2) is 35.7 Å². The van der Waals surface area contributed by atoms with Gasteiger partial charge in [0.15, 0.2) is 13.2 Å². The van der Waals surface area contributed by atoms with Crippen molar-refractivity contribution in [2.45, 2.75) is 26.7 Å². The highest BCUT2D eigenvalue weighted by molar-refractivity contribution is 7.12. The lowest BCUT2D eigenvalue weighted by Gasteiger charge is -2.12. The predicted octanol–water partition coefficient (Wildman–Crippen LogP) is 3.06. The molecule has 26 heavy (non-hydrogen) atoms. The number of carbonyl (C=O) groups is 3. The minimum atomic E-state index is -0.685. The van der Waals surface area contributed by atoms with Gasteiger partial charge in [-0.05, 0) is 41.5 Å². The standard InChI is InChI=1S/C19H21NO5S/c1-12(2)14-7-6-13(3)15(9-14)24-11-18(22)25-10-17(21)20-19(23)16-5-4-8-26-16/h4-9,12H,10-11H2,1-3H3,(H,20,21,23). The van der Waals surface area contributed by atoms with Crippen molar-refractivity contribution in [3.8, 4) is 5.75 Å². The first-order chi connectivity index (χ1) is 12.4. The Labute approximate surface area is 156 Å². The second kappa shape index (κ2) is 9.15. The van der Waals surface area contributed by atoms with Crippen LogP contribution in [0.1, 0.15) is 40.6 Å². The molecule has 2 rings (SSSR count). The van der Waals surface area contributed by atoms with Crippen LogP contribution in [-0.2, 0) is 14.3 Å². The minimum absolute atomic E-state index is 0.311. The summed E-state index contributed by atoms with van der Waals surface area (Å²) >= 11 is 1.22. The van der Waals surface area contributed by atoms with E-state index in [4.69, 9.17) is 9.47 Å². The van der Waals surface area contributed by atoms with E-state index in [0.717, 1.165) is 11.1 Å². The minimum Gasteiger partial charge on any atom is -0.482 e. The topological polar surface area (TPSA) is 81.7 Å². The Balaban J connectivity index is 1.78. The van der Waals surface area contributed by atoms with E-state index in [0.29, 0.717) is 16.5 Å². The van der Waals surface area contributed by atoms with Crippen molar-refractivity contribution in [1.29, 1.82) is 0 Å². The number of amides is 2. The highest BCUT2D eigenvalue weighted by Gasteiger charge is 2.14. The summed E-state index contributed by atoms with van der Waals surface area (Å²) in [6, 6.07) is 9.14. The van der Waals surface area contributed by atoms with Gasteiger partial charge >= 0.3 is 5.97 Å². The normalized spacial score (nSPS) is 10.5. The van der Waals surface area contributed by atoms with Crippen LogP contribution >= 0.6 is 11.3 Å². The van der Waals surface area contributed by atoms with Crippen molar-refractivity contribution < 1.29 is 23.9 Å². The molecule has 1 aromatic carbocycles. The van der Waals surface area contributed by atoms with Crippen molar-refractivity contribution in [1.82, 2.24) is 5.32 Å². The van der Waals surface area contributed by atoms with Crippen molar-refractivity contribution in [2.75, 3.05) is 13.2 Å². The lowest BCUT2D eigenvalue weighted by atomic mass is 10.0. The highest BCUT2D eigenvalue weighted by atomic mass is 32.1. The van der Waals surface area contributed by atoms with Crippen molar-refractivity contribution in [3.63, 3.8) is 0 Å². The molecule has 0 radical (unpaired) electrons. The quantitative estimate of drug-likeness (QED) is 0.752. The molecule has 0 aliphatic rings. The summed E-state index contributed by atoms with van der Waals surface area (Å²) in [5, 5.41) is 3.88. The van der Waals surface area contributed by atoms with Gasteiger partial charge in [-0.2, -0.15) is 0 Å². The highest BCUT2D eigenvalue weighted by Crippen LogP contribution is 2.24. The maximum Gasteiger partial charge on any atom is 0.344 e. The largest absolute Gasteiger partial charge is 0.482 e. The molecule has 0 aliphatic heterocycles. The molecule has 2 amide bonds. The van der Waals surface area contributed by atoms with Crippen molar-refractivity contribution in [2.24, 2.45) is 0 Å². The third kappa shape index (κ3) is 5.70. The van der Waals surface area contributed by atoms with Crippen molar-refractivity contribution >= 4 is 29.1 Å². The van der Waals surface area contributed by atoms with E-state index < -0.39 is 24.4 Å². The summed E-state index contributed by atoms with van der Waals surface area (Å²) in [4.78, 5) is 35.5.